The van der Waals surface area contributed by atoms with Gasteiger partial charge in [0.05, 0.1) is 18.2 Å². The highest BCUT2D eigenvalue weighted by Gasteiger charge is 2.36. The Hall–Kier alpha value is -1.44. The van der Waals surface area contributed by atoms with Crippen molar-refractivity contribution < 1.29 is 19.4 Å². The van der Waals surface area contributed by atoms with Crippen LogP contribution in [0.2, 0.25) is 0 Å². The Labute approximate surface area is 131 Å². The molecule has 3 unspecified atom stereocenters. The summed E-state index contributed by atoms with van der Waals surface area (Å²) in [6.07, 6.45) is 3.08. The minimum absolute atomic E-state index is 0.0178. The Morgan fingerprint density at radius 2 is 2.09 bits per heavy atom. The Morgan fingerprint density at radius 3 is 2.55 bits per heavy atom. The molecular weight excluding hydrogens is 286 g/mol. The number of rotatable bonds is 8. The molecule has 0 aromatic carbocycles. The van der Waals surface area contributed by atoms with E-state index in [4.69, 9.17) is 10.5 Å². The maximum Gasteiger partial charge on any atom is 0.331 e. The molecule has 7 heteroatoms. The van der Waals surface area contributed by atoms with Gasteiger partial charge in [-0.25, -0.2) is 4.79 Å². The first-order valence-electron chi connectivity index (χ1n) is 7.72. The minimum atomic E-state index is -0.969. The van der Waals surface area contributed by atoms with Crippen LogP contribution in [0.4, 0.5) is 0 Å². The first-order valence-corrected chi connectivity index (χ1v) is 7.72. The van der Waals surface area contributed by atoms with E-state index in [2.05, 4.69) is 10.6 Å². The van der Waals surface area contributed by atoms with Crippen LogP contribution in [0.5, 0.6) is 0 Å². The number of carboxylic acid groups (broad SMARTS) is 1. The molecule has 0 heterocycles. The average molecular weight is 313 g/mol. The molecule has 1 amide bonds. The number of carboxylic acids is 1. The molecule has 22 heavy (non-hydrogen) atoms. The van der Waals surface area contributed by atoms with Crippen molar-refractivity contribution >= 4 is 11.9 Å². The third-order valence-corrected chi connectivity index (χ3v) is 3.88. The second-order valence-corrected chi connectivity index (χ2v) is 5.48. The highest BCUT2D eigenvalue weighted by Crippen LogP contribution is 2.24. The van der Waals surface area contributed by atoms with Crippen molar-refractivity contribution in [2.45, 2.75) is 64.3 Å². The molecule has 7 nitrogen and oxygen atoms in total. The van der Waals surface area contributed by atoms with Gasteiger partial charge in [0, 0.05) is 25.2 Å². The second-order valence-electron chi connectivity index (χ2n) is 5.48. The maximum absolute atomic E-state index is 11.5. The van der Waals surface area contributed by atoms with E-state index in [0.29, 0.717) is 6.42 Å². The van der Waals surface area contributed by atoms with Gasteiger partial charge in [0.15, 0.2) is 0 Å². The predicted octanol–water partition coefficient (Wildman–Crippen LogP) is 0.354. The summed E-state index contributed by atoms with van der Waals surface area (Å²) in [5.74, 6) is -1.15. The van der Waals surface area contributed by atoms with Crippen LogP contribution in [0.25, 0.3) is 0 Å². The van der Waals surface area contributed by atoms with Gasteiger partial charge < -0.3 is 20.9 Å². The van der Waals surface area contributed by atoms with Gasteiger partial charge in [0.1, 0.15) is 0 Å². The molecule has 0 aromatic heterocycles. The van der Waals surface area contributed by atoms with Crippen LogP contribution in [0, 0.1) is 0 Å². The lowest BCUT2D eigenvalue weighted by Crippen LogP contribution is -2.59. The number of carbonyl (C=O) groups is 2. The van der Waals surface area contributed by atoms with E-state index in [1.807, 2.05) is 13.8 Å². The molecule has 0 fully saturated rings. The summed E-state index contributed by atoms with van der Waals surface area (Å²) >= 11 is 0. The molecular formula is C15H27N3O4. The quantitative estimate of drug-likeness (QED) is 0.481. The first kappa shape index (κ1) is 18.6. The van der Waals surface area contributed by atoms with Crippen molar-refractivity contribution in [1.29, 1.82) is 0 Å². The van der Waals surface area contributed by atoms with E-state index in [0.717, 1.165) is 12.8 Å². The fourth-order valence-electron chi connectivity index (χ4n) is 2.72. The van der Waals surface area contributed by atoms with Gasteiger partial charge in [0.2, 0.25) is 5.91 Å². The number of ether oxygens (including phenoxy) is 1. The topological polar surface area (TPSA) is 114 Å². The molecule has 0 spiro atoms. The SMILES string of the molecule is CCC(CC)OC1C=C(C(=O)O)CC(NCN)C1NC(C)=O. The Bertz CT molecular complexity index is 421. The molecule has 3 atom stereocenters. The molecule has 1 aliphatic rings. The summed E-state index contributed by atoms with van der Waals surface area (Å²) in [5, 5.41) is 15.2. The maximum atomic E-state index is 11.5. The number of nitrogens with two attached hydrogens (primary N) is 1. The molecule has 0 saturated carbocycles. The van der Waals surface area contributed by atoms with Crippen molar-refractivity contribution in [3.8, 4) is 0 Å². The van der Waals surface area contributed by atoms with E-state index in [1.165, 1.54) is 6.92 Å². The van der Waals surface area contributed by atoms with Gasteiger partial charge in [-0.1, -0.05) is 13.8 Å². The molecule has 0 bridgehead atoms. The molecule has 0 aromatic rings. The van der Waals surface area contributed by atoms with Gasteiger partial charge in [-0.15, -0.1) is 0 Å². The molecule has 5 N–H and O–H groups in total. The van der Waals surface area contributed by atoms with Crippen molar-refractivity contribution in [2.75, 3.05) is 6.67 Å². The standard InChI is InChI=1S/C15H27N3O4/c1-4-11(5-2)22-13-7-10(15(20)21)6-12(17-8-16)14(13)18-9(3)19/h7,11-14,17H,4-6,8,16H2,1-3H3,(H,18,19)(H,20,21). The summed E-state index contributed by atoms with van der Waals surface area (Å²) < 4.78 is 6.02. The smallest absolute Gasteiger partial charge is 0.331 e. The van der Waals surface area contributed by atoms with Crippen LogP contribution < -0.4 is 16.4 Å². The summed E-state index contributed by atoms with van der Waals surface area (Å²) in [6, 6.07) is -0.617. The highest BCUT2D eigenvalue weighted by molar-refractivity contribution is 5.87. The van der Waals surface area contributed by atoms with Crippen LogP contribution in [0.15, 0.2) is 11.6 Å². The molecule has 1 aliphatic carbocycles. The zero-order valence-corrected chi connectivity index (χ0v) is 13.5. The first-order chi connectivity index (χ1) is 10.4. The van der Waals surface area contributed by atoms with Crippen LogP contribution in [0.1, 0.15) is 40.0 Å². The van der Waals surface area contributed by atoms with Crippen LogP contribution >= 0.6 is 0 Å². The number of hydrogen-bond acceptors (Lipinski definition) is 5. The molecule has 0 radical (unpaired) electrons. The van der Waals surface area contributed by atoms with E-state index < -0.39 is 12.1 Å². The lowest BCUT2D eigenvalue weighted by atomic mass is 9.87. The summed E-state index contributed by atoms with van der Waals surface area (Å²) in [4.78, 5) is 22.8. The Balaban J connectivity index is 3.06. The number of nitrogens with one attached hydrogen (secondary N) is 2. The molecule has 0 saturated heterocycles. The lowest BCUT2D eigenvalue weighted by Gasteiger charge is -2.38. The summed E-state index contributed by atoms with van der Waals surface area (Å²) in [5.41, 5.74) is 5.82. The van der Waals surface area contributed by atoms with Crippen LogP contribution in [0.3, 0.4) is 0 Å². The summed E-state index contributed by atoms with van der Waals surface area (Å²) in [7, 11) is 0. The van der Waals surface area contributed by atoms with E-state index >= 15 is 0 Å². The molecule has 1 rings (SSSR count). The third kappa shape index (κ3) is 5.08. The van der Waals surface area contributed by atoms with Crippen molar-refractivity contribution in [3.05, 3.63) is 11.6 Å². The number of carbonyl (C=O) groups excluding carboxylic acids is 1. The van der Waals surface area contributed by atoms with Gasteiger partial charge >= 0.3 is 5.97 Å². The van der Waals surface area contributed by atoms with Crippen molar-refractivity contribution in [2.24, 2.45) is 5.73 Å². The highest BCUT2D eigenvalue weighted by atomic mass is 16.5. The van der Waals surface area contributed by atoms with Gasteiger partial charge in [-0.2, -0.15) is 0 Å². The zero-order chi connectivity index (χ0) is 16.7. The van der Waals surface area contributed by atoms with Gasteiger partial charge in [-0.3, -0.25) is 10.1 Å². The normalized spacial score (nSPS) is 25.0. The number of hydrogen-bond donors (Lipinski definition) is 4. The lowest BCUT2D eigenvalue weighted by molar-refractivity contribution is -0.133. The number of aliphatic carboxylic acids is 1. The molecule has 126 valence electrons. The molecule has 0 aliphatic heterocycles. The monoisotopic (exact) mass is 313 g/mol. The predicted molar refractivity (Wildman–Crippen MR) is 83.2 cm³/mol. The fourth-order valence-corrected chi connectivity index (χ4v) is 2.72. The van der Waals surface area contributed by atoms with Crippen molar-refractivity contribution in [3.63, 3.8) is 0 Å². The Morgan fingerprint density at radius 1 is 1.45 bits per heavy atom. The van der Waals surface area contributed by atoms with E-state index in [9.17, 15) is 14.7 Å². The van der Waals surface area contributed by atoms with Crippen LogP contribution in [-0.4, -0.2) is 47.9 Å². The fraction of sp³-hybridized carbons (Fsp3) is 0.733. The van der Waals surface area contributed by atoms with Gasteiger partial charge in [-0.05, 0) is 25.3 Å². The minimum Gasteiger partial charge on any atom is -0.478 e. The van der Waals surface area contributed by atoms with E-state index in [-0.39, 0.29) is 36.3 Å². The van der Waals surface area contributed by atoms with Gasteiger partial charge in [0.25, 0.3) is 0 Å². The average Bonchev–Trinajstić information content (AvgIpc) is 2.46. The van der Waals surface area contributed by atoms with Crippen molar-refractivity contribution in [1.82, 2.24) is 10.6 Å². The largest absolute Gasteiger partial charge is 0.478 e. The van der Waals surface area contributed by atoms with E-state index in [1.54, 1.807) is 6.08 Å². The third-order valence-electron chi connectivity index (χ3n) is 3.88. The second kappa shape index (κ2) is 8.87. The Kier molecular flexibility index (Phi) is 7.50. The van der Waals surface area contributed by atoms with Crippen LogP contribution in [-0.2, 0) is 14.3 Å². The summed E-state index contributed by atoms with van der Waals surface area (Å²) in [6.45, 7) is 5.67. The number of amides is 1. The zero-order valence-electron chi connectivity index (χ0n) is 13.5.